The zero-order valence-electron chi connectivity index (χ0n) is 16.0. The average Bonchev–Trinajstić information content (AvgIpc) is 3.34. The molecule has 2 N–H and O–H groups in total. The summed E-state index contributed by atoms with van der Waals surface area (Å²) in [6.07, 6.45) is -1.93. The standard InChI is InChI=1S/C21H19NO7/c1-11-9-10-14(28-11)15-12(2)16(23)20(29-15)18(25)21(27-3,22-19(20)26)17(24)13-7-5-4-6-8-13/h4-10,18,25H,1-3H3,(H,22,26)/t18-,20+,21-/m1/s1. The fourth-order valence-electron chi connectivity index (χ4n) is 3.77. The SMILES string of the molecule is CO[C@@]1(C(=O)c2ccccc2)NC(=O)[C@@]2(OC(c3ccc(C)o3)=C(C)C2=O)[C@H]1O. The van der Waals surface area contributed by atoms with E-state index in [4.69, 9.17) is 13.9 Å². The van der Waals surface area contributed by atoms with E-state index in [0.717, 1.165) is 0 Å². The Balaban J connectivity index is 1.78. The zero-order chi connectivity index (χ0) is 21.0. The van der Waals surface area contributed by atoms with Crippen molar-refractivity contribution in [3.8, 4) is 0 Å². The van der Waals surface area contributed by atoms with Crippen LogP contribution >= 0.6 is 0 Å². The third kappa shape index (κ3) is 2.43. The van der Waals surface area contributed by atoms with E-state index in [1.165, 1.54) is 26.2 Å². The van der Waals surface area contributed by atoms with Crippen molar-refractivity contribution in [3.63, 3.8) is 0 Å². The van der Waals surface area contributed by atoms with Crippen molar-refractivity contribution in [2.75, 3.05) is 7.11 Å². The van der Waals surface area contributed by atoms with Crippen molar-refractivity contribution in [2.45, 2.75) is 31.3 Å². The van der Waals surface area contributed by atoms with Gasteiger partial charge < -0.3 is 24.3 Å². The number of Topliss-reactive ketones (excluding diaryl/α,β-unsaturated/α-hetero) is 2. The van der Waals surface area contributed by atoms with Crippen molar-refractivity contribution in [2.24, 2.45) is 0 Å². The molecule has 1 spiro atoms. The van der Waals surface area contributed by atoms with Gasteiger partial charge in [-0.15, -0.1) is 0 Å². The molecule has 0 unspecified atom stereocenters. The van der Waals surface area contributed by atoms with Gasteiger partial charge in [-0.1, -0.05) is 30.3 Å². The van der Waals surface area contributed by atoms with Crippen molar-refractivity contribution in [1.29, 1.82) is 0 Å². The Morgan fingerprint density at radius 2 is 1.83 bits per heavy atom. The molecule has 8 nitrogen and oxygen atoms in total. The number of hydrogen-bond donors (Lipinski definition) is 2. The second kappa shape index (κ2) is 6.40. The Morgan fingerprint density at radius 1 is 1.14 bits per heavy atom. The lowest BCUT2D eigenvalue weighted by Crippen LogP contribution is -2.60. The number of ether oxygens (including phenoxy) is 2. The van der Waals surface area contributed by atoms with Gasteiger partial charge in [-0.2, -0.15) is 0 Å². The first-order valence-corrected chi connectivity index (χ1v) is 8.95. The van der Waals surface area contributed by atoms with Crippen LogP contribution in [0.4, 0.5) is 0 Å². The lowest BCUT2D eigenvalue weighted by atomic mass is 9.85. The van der Waals surface area contributed by atoms with E-state index < -0.39 is 34.9 Å². The maximum Gasteiger partial charge on any atom is 0.279 e. The van der Waals surface area contributed by atoms with E-state index in [9.17, 15) is 19.5 Å². The highest BCUT2D eigenvalue weighted by Crippen LogP contribution is 2.45. The summed E-state index contributed by atoms with van der Waals surface area (Å²) in [5.41, 5.74) is -4.22. The van der Waals surface area contributed by atoms with Crippen LogP contribution in [-0.4, -0.2) is 47.1 Å². The molecule has 1 fully saturated rings. The molecule has 2 aromatic rings. The minimum absolute atomic E-state index is 0.0383. The first-order chi connectivity index (χ1) is 13.8. The molecule has 8 heteroatoms. The Morgan fingerprint density at radius 3 is 2.41 bits per heavy atom. The number of benzene rings is 1. The highest BCUT2D eigenvalue weighted by atomic mass is 16.6. The summed E-state index contributed by atoms with van der Waals surface area (Å²) in [6.45, 7) is 3.19. The quantitative estimate of drug-likeness (QED) is 0.591. The molecule has 29 heavy (non-hydrogen) atoms. The molecular formula is C21H19NO7. The van der Waals surface area contributed by atoms with Crippen molar-refractivity contribution < 1.29 is 33.4 Å². The van der Waals surface area contributed by atoms with Crippen LogP contribution in [0.2, 0.25) is 0 Å². The van der Waals surface area contributed by atoms with Crippen LogP contribution in [0, 0.1) is 6.92 Å². The summed E-state index contributed by atoms with van der Waals surface area (Å²) < 4.78 is 16.6. The first kappa shape index (κ1) is 19.1. The predicted octanol–water partition coefficient (Wildman–Crippen LogP) is 1.37. The van der Waals surface area contributed by atoms with Crippen molar-refractivity contribution in [3.05, 3.63) is 65.1 Å². The fraction of sp³-hybridized carbons (Fsp3) is 0.286. The van der Waals surface area contributed by atoms with Gasteiger partial charge in [0.2, 0.25) is 17.3 Å². The van der Waals surface area contributed by atoms with Crippen molar-refractivity contribution in [1.82, 2.24) is 5.32 Å². The van der Waals surface area contributed by atoms with E-state index in [1.807, 2.05) is 0 Å². The molecule has 1 aromatic carbocycles. The second-order valence-electron chi connectivity index (χ2n) is 7.02. The number of aryl methyl sites for hydroxylation is 1. The molecule has 0 radical (unpaired) electrons. The van der Waals surface area contributed by atoms with Crippen LogP contribution in [0.5, 0.6) is 0 Å². The first-order valence-electron chi connectivity index (χ1n) is 8.95. The Labute approximate surface area is 166 Å². The number of methoxy groups -OCH3 is 1. The van der Waals surface area contributed by atoms with E-state index in [0.29, 0.717) is 5.76 Å². The van der Waals surface area contributed by atoms with Crippen LogP contribution in [0.15, 0.2) is 52.5 Å². The van der Waals surface area contributed by atoms with Gasteiger partial charge in [0.25, 0.3) is 11.5 Å². The number of ketones is 2. The maximum absolute atomic E-state index is 13.1. The normalized spacial score (nSPS) is 28.8. The van der Waals surface area contributed by atoms with E-state index in [2.05, 4.69) is 5.32 Å². The number of rotatable bonds is 4. The highest BCUT2D eigenvalue weighted by molar-refractivity contribution is 6.25. The van der Waals surface area contributed by atoms with Gasteiger partial charge in [0.15, 0.2) is 17.6 Å². The van der Waals surface area contributed by atoms with Gasteiger partial charge in [0, 0.05) is 18.2 Å². The lowest BCUT2D eigenvalue weighted by Gasteiger charge is -2.32. The van der Waals surface area contributed by atoms with Gasteiger partial charge in [0.1, 0.15) is 5.76 Å². The van der Waals surface area contributed by atoms with Gasteiger partial charge in [0.05, 0.1) is 0 Å². The molecule has 2 aliphatic rings. The Bertz CT molecular complexity index is 1050. The molecule has 2 aliphatic heterocycles. The molecule has 0 bridgehead atoms. The fourth-order valence-corrected chi connectivity index (χ4v) is 3.77. The maximum atomic E-state index is 13.1. The van der Waals surface area contributed by atoms with Crippen LogP contribution < -0.4 is 5.32 Å². The summed E-state index contributed by atoms with van der Waals surface area (Å²) in [6, 6.07) is 11.3. The zero-order valence-corrected chi connectivity index (χ0v) is 16.0. The largest absolute Gasteiger partial charge is 0.462 e. The number of aliphatic hydroxyl groups is 1. The molecule has 3 atom stereocenters. The van der Waals surface area contributed by atoms with Crippen LogP contribution in [0.3, 0.4) is 0 Å². The molecule has 150 valence electrons. The Hall–Kier alpha value is -3.23. The van der Waals surface area contributed by atoms with Gasteiger partial charge >= 0.3 is 0 Å². The smallest absolute Gasteiger partial charge is 0.279 e. The predicted molar refractivity (Wildman–Crippen MR) is 99.5 cm³/mol. The summed E-state index contributed by atoms with van der Waals surface area (Å²) in [5, 5.41) is 13.5. The molecule has 4 rings (SSSR count). The van der Waals surface area contributed by atoms with Gasteiger partial charge in [-0.05, 0) is 26.0 Å². The number of furan rings is 1. The molecule has 0 saturated carbocycles. The number of carbonyl (C=O) groups excluding carboxylic acids is 3. The highest BCUT2D eigenvalue weighted by Gasteiger charge is 2.74. The lowest BCUT2D eigenvalue weighted by molar-refractivity contribution is -0.156. The summed E-state index contributed by atoms with van der Waals surface area (Å²) in [7, 11) is 1.17. The van der Waals surface area contributed by atoms with E-state index >= 15 is 0 Å². The molecule has 0 aliphatic carbocycles. The molecule has 1 saturated heterocycles. The third-order valence-corrected chi connectivity index (χ3v) is 5.35. The number of aliphatic hydroxyl groups excluding tert-OH is 1. The average molecular weight is 397 g/mol. The topological polar surface area (TPSA) is 115 Å². The minimum atomic E-state index is -2.35. The van der Waals surface area contributed by atoms with Gasteiger partial charge in [-0.3, -0.25) is 14.4 Å². The van der Waals surface area contributed by atoms with E-state index in [-0.39, 0.29) is 22.7 Å². The number of nitrogens with one attached hydrogen (secondary N) is 1. The van der Waals surface area contributed by atoms with Crippen molar-refractivity contribution >= 4 is 23.2 Å². The molecule has 1 amide bonds. The number of hydrogen-bond acceptors (Lipinski definition) is 7. The number of carbonyl (C=O) groups is 3. The molecule has 3 heterocycles. The second-order valence-corrected chi connectivity index (χ2v) is 7.02. The molecular weight excluding hydrogens is 378 g/mol. The summed E-state index contributed by atoms with van der Waals surface area (Å²) >= 11 is 0. The van der Waals surface area contributed by atoms with Crippen LogP contribution in [0.1, 0.15) is 28.8 Å². The summed E-state index contributed by atoms with van der Waals surface area (Å²) in [5.74, 6) is -1.55. The van der Waals surface area contributed by atoms with E-state index in [1.54, 1.807) is 37.3 Å². The van der Waals surface area contributed by atoms with Crippen LogP contribution in [-0.2, 0) is 19.1 Å². The Kier molecular flexibility index (Phi) is 4.21. The van der Waals surface area contributed by atoms with Gasteiger partial charge in [-0.25, -0.2) is 0 Å². The minimum Gasteiger partial charge on any atom is -0.462 e. The molecule has 1 aromatic heterocycles. The summed E-state index contributed by atoms with van der Waals surface area (Å²) in [4.78, 5) is 39.2. The monoisotopic (exact) mass is 397 g/mol. The number of amides is 1. The van der Waals surface area contributed by atoms with Crippen LogP contribution in [0.25, 0.3) is 5.76 Å². The third-order valence-electron chi connectivity index (χ3n) is 5.35.